The highest BCUT2D eigenvalue weighted by molar-refractivity contribution is 7.93. The van der Waals surface area contributed by atoms with E-state index in [-0.39, 0.29) is 4.90 Å². The number of nitrogens with one attached hydrogen (secondary N) is 1. The van der Waals surface area contributed by atoms with E-state index in [0.29, 0.717) is 17.0 Å². The van der Waals surface area contributed by atoms with Crippen LogP contribution in [0.25, 0.3) is 10.8 Å². The lowest BCUT2D eigenvalue weighted by Crippen LogP contribution is -2.35. The third kappa shape index (κ3) is 3.12. The summed E-state index contributed by atoms with van der Waals surface area (Å²) in [4.78, 5) is 6.29. The van der Waals surface area contributed by atoms with Crippen LogP contribution in [0.2, 0.25) is 0 Å². The van der Waals surface area contributed by atoms with Gasteiger partial charge in [-0.15, -0.1) is 0 Å². The summed E-state index contributed by atoms with van der Waals surface area (Å²) in [5.74, 6) is 0.498. The molecule has 7 nitrogen and oxygen atoms in total. The zero-order valence-corrected chi connectivity index (χ0v) is 16.6. The van der Waals surface area contributed by atoms with E-state index in [1.54, 1.807) is 66.0 Å². The smallest absolute Gasteiger partial charge is 0.262 e. The molecule has 1 aromatic heterocycles. The van der Waals surface area contributed by atoms with Gasteiger partial charge in [0.15, 0.2) is 0 Å². The lowest BCUT2D eigenvalue weighted by atomic mass is 10.1. The summed E-state index contributed by atoms with van der Waals surface area (Å²) >= 11 is 0. The maximum absolute atomic E-state index is 13.0. The van der Waals surface area contributed by atoms with Gasteiger partial charge in [-0.2, -0.15) is 0 Å². The molecule has 8 heteroatoms. The molecular weight excluding hydrogens is 400 g/mol. The van der Waals surface area contributed by atoms with Crippen molar-refractivity contribution in [2.45, 2.75) is 11.1 Å². The maximum Gasteiger partial charge on any atom is 0.262 e. The molecule has 2 heterocycles. The van der Waals surface area contributed by atoms with Crippen molar-refractivity contribution in [3.05, 3.63) is 84.6 Å². The molecule has 0 aliphatic carbocycles. The summed E-state index contributed by atoms with van der Waals surface area (Å²) < 4.78 is 33.9. The van der Waals surface area contributed by atoms with Crippen LogP contribution in [-0.4, -0.2) is 14.8 Å². The van der Waals surface area contributed by atoms with Crippen molar-refractivity contribution < 1.29 is 12.8 Å². The Balaban J connectivity index is 1.41. The van der Waals surface area contributed by atoms with Crippen LogP contribution in [0.4, 0.5) is 17.3 Å². The van der Waals surface area contributed by atoms with E-state index in [4.69, 9.17) is 10.2 Å². The first-order chi connectivity index (χ1) is 14.5. The lowest BCUT2D eigenvalue weighted by Gasteiger charge is -2.29. The molecule has 1 aliphatic heterocycles. The van der Waals surface area contributed by atoms with Gasteiger partial charge in [0.05, 0.1) is 16.7 Å². The van der Waals surface area contributed by atoms with Crippen molar-refractivity contribution >= 4 is 44.4 Å². The van der Waals surface area contributed by atoms with Crippen molar-refractivity contribution in [3.8, 4) is 0 Å². The molecule has 3 aromatic carbocycles. The van der Waals surface area contributed by atoms with Gasteiger partial charge < -0.3 is 15.1 Å². The van der Waals surface area contributed by atoms with Gasteiger partial charge in [-0.25, -0.2) is 13.4 Å². The van der Waals surface area contributed by atoms with Crippen LogP contribution in [0.15, 0.2) is 93.4 Å². The third-order valence-corrected chi connectivity index (χ3v) is 6.49. The molecule has 0 spiro atoms. The van der Waals surface area contributed by atoms with E-state index in [0.717, 1.165) is 16.6 Å². The number of nitrogens with zero attached hydrogens (tertiary/aromatic N) is 2. The summed E-state index contributed by atoms with van der Waals surface area (Å²) in [6.45, 7) is 0. The van der Waals surface area contributed by atoms with E-state index < -0.39 is 16.2 Å². The first-order valence-electron chi connectivity index (χ1n) is 9.29. The Morgan fingerprint density at radius 1 is 0.967 bits per heavy atom. The molecule has 1 aliphatic rings. The fourth-order valence-corrected chi connectivity index (χ4v) is 4.84. The van der Waals surface area contributed by atoms with E-state index >= 15 is 0 Å². The SMILES string of the molecule is NC1c2ccoc2N=CN1c1ccc(NS(=O)(=O)c2cccc3ccccc23)cc1. The van der Waals surface area contributed by atoms with E-state index in [2.05, 4.69) is 9.71 Å². The van der Waals surface area contributed by atoms with E-state index in [1.807, 2.05) is 24.3 Å². The monoisotopic (exact) mass is 418 g/mol. The van der Waals surface area contributed by atoms with Gasteiger partial charge in [-0.05, 0) is 41.8 Å². The Hall–Kier alpha value is -3.62. The number of furan rings is 1. The number of hydrogen-bond acceptors (Lipinski definition) is 6. The van der Waals surface area contributed by atoms with Crippen molar-refractivity contribution in [1.29, 1.82) is 0 Å². The Bertz CT molecular complexity index is 1360. The Kier molecular flexibility index (Phi) is 4.30. The summed E-state index contributed by atoms with van der Waals surface area (Å²) in [7, 11) is -3.75. The van der Waals surface area contributed by atoms with Crippen LogP contribution >= 0.6 is 0 Å². The molecular formula is C22H18N4O3S. The number of aliphatic imine (C=N–C) groups is 1. The van der Waals surface area contributed by atoms with Gasteiger partial charge in [0.2, 0.25) is 5.88 Å². The lowest BCUT2D eigenvalue weighted by molar-refractivity contribution is 0.567. The minimum Gasteiger partial charge on any atom is -0.446 e. The first-order valence-corrected chi connectivity index (χ1v) is 10.8. The summed E-state index contributed by atoms with van der Waals surface area (Å²) in [5.41, 5.74) is 8.33. The molecule has 3 N–H and O–H groups in total. The second kappa shape index (κ2) is 7.01. The minimum absolute atomic E-state index is 0.238. The van der Waals surface area contributed by atoms with Crippen LogP contribution in [0.5, 0.6) is 0 Å². The van der Waals surface area contributed by atoms with Crippen LogP contribution in [-0.2, 0) is 10.0 Å². The molecule has 5 rings (SSSR count). The second-order valence-electron chi connectivity index (χ2n) is 6.91. The summed E-state index contributed by atoms with van der Waals surface area (Å²) in [6, 6.07) is 21.4. The standard InChI is InChI=1S/C22H18N4O3S/c23-21-19-12-13-29-22(19)24-14-26(21)17-10-8-16(9-11-17)25-30(27,28)20-7-3-5-15-4-1-2-6-18(15)20/h1-14,21,25H,23H2. The Labute approximate surface area is 173 Å². The van der Waals surface area contributed by atoms with Gasteiger partial charge >= 0.3 is 0 Å². The molecule has 0 saturated carbocycles. The molecule has 1 atom stereocenters. The second-order valence-corrected chi connectivity index (χ2v) is 8.56. The van der Waals surface area contributed by atoms with Crippen LogP contribution in [0.3, 0.4) is 0 Å². The Morgan fingerprint density at radius 2 is 1.73 bits per heavy atom. The molecule has 4 aromatic rings. The molecule has 0 radical (unpaired) electrons. The van der Waals surface area contributed by atoms with Gasteiger partial charge in [-0.1, -0.05) is 36.4 Å². The highest BCUT2D eigenvalue weighted by Gasteiger charge is 2.24. The van der Waals surface area contributed by atoms with Crippen molar-refractivity contribution in [2.24, 2.45) is 10.7 Å². The number of fused-ring (bicyclic) bond motifs is 2. The van der Waals surface area contributed by atoms with Gasteiger partial charge in [0.1, 0.15) is 12.5 Å². The average Bonchev–Trinajstić information content (AvgIpc) is 3.24. The molecule has 0 saturated heterocycles. The quantitative estimate of drug-likeness (QED) is 0.512. The number of nitrogens with two attached hydrogens (primary N) is 1. The summed E-state index contributed by atoms with van der Waals surface area (Å²) in [5, 5.41) is 1.54. The van der Waals surface area contributed by atoms with Crippen LogP contribution in [0.1, 0.15) is 11.7 Å². The molecule has 1 unspecified atom stereocenters. The highest BCUT2D eigenvalue weighted by Crippen LogP contribution is 2.34. The molecule has 30 heavy (non-hydrogen) atoms. The van der Waals surface area contributed by atoms with Crippen LogP contribution in [0, 0.1) is 0 Å². The number of benzene rings is 3. The molecule has 0 bridgehead atoms. The van der Waals surface area contributed by atoms with Crippen molar-refractivity contribution in [2.75, 3.05) is 9.62 Å². The molecule has 0 amide bonds. The van der Waals surface area contributed by atoms with Gasteiger partial charge in [0, 0.05) is 16.8 Å². The predicted octanol–water partition coefficient (Wildman–Crippen LogP) is 4.37. The number of hydrogen-bond donors (Lipinski definition) is 2. The van der Waals surface area contributed by atoms with E-state index in [9.17, 15) is 8.42 Å². The van der Waals surface area contributed by atoms with Crippen LogP contribution < -0.4 is 15.4 Å². The largest absolute Gasteiger partial charge is 0.446 e. The Morgan fingerprint density at radius 3 is 2.57 bits per heavy atom. The number of sulfonamides is 1. The zero-order chi connectivity index (χ0) is 20.7. The maximum atomic E-state index is 13.0. The average molecular weight is 418 g/mol. The van der Waals surface area contributed by atoms with Crippen molar-refractivity contribution in [1.82, 2.24) is 0 Å². The first kappa shape index (κ1) is 18.4. The summed E-state index contributed by atoms with van der Waals surface area (Å²) in [6.07, 6.45) is 2.72. The fourth-order valence-electron chi connectivity index (χ4n) is 3.55. The van der Waals surface area contributed by atoms with Gasteiger partial charge in [-0.3, -0.25) is 4.72 Å². The van der Waals surface area contributed by atoms with Gasteiger partial charge in [0.25, 0.3) is 10.0 Å². The molecule has 0 fully saturated rings. The topological polar surface area (TPSA) is 101 Å². The molecule has 150 valence electrons. The zero-order valence-electron chi connectivity index (χ0n) is 15.8. The number of rotatable bonds is 4. The minimum atomic E-state index is -3.75. The fraction of sp³-hybridized carbons (Fsp3) is 0.0455. The third-order valence-electron chi connectivity index (χ3n) is 5.05. The predicted molar refractivity (Wildman–Crippen MR) is 117 cm³/mol. The number of anilines is 2. The van der Waals surface area contributed by atoms with E-state index in [1.165, 1.54) is 0 Å². The van der Waals surface area contributed by atoms with Crippen molar-refractivity contribution in [3.63, 3.8) is 0 Å². The highest BCUT2D eigenvalue weighted by atomic mass is 32.2. The normalized spacial score (nSPS) is 15.9.